The maximum Gasteiger partial charge on any atom is 0.338 e. The number of amides is 1. The Balaban J connectivity index is 1.35. The van der Waals surface area contributed by atoms with Crippen molar-refractivity contribution in [3.63, 3.8) is 0 Å². The lowest BCUT2D eigenvalue weighted by atomic mass is 9.99. The normalized spacial score (nSPS) is 17.9. The van der Waals surface area contributed by atoms with E-state index in [9.17, 15) is 22.4 Å². The molecule has 2 aromatic carbocycles. The number of nitrogens with zero attached hydrogens (tertiary/aromatic N) is 3. The first kappa shape index (κ1) is 25.1. The molecule has 0 radical (unpaired) electrons. The van der Waals surface area contributed by atoms with Crippen LogP contribution >= 0.6 is 0 Å². The van der Waals surface area contributed by atoms with Crippen LogP contribution in [0.2, 0.25) is 0 Å². The predicted molar refractivity (Wildman–Crippen MR) is 129 cm³/mol. The molecule has 0 atom stereocenters. The van der Waals surface area contributed by atoms with Crippen LogP contribution in [0.1, 0.15) is 30.1 Å². The fraction of sp³-hybridized carbons (Fsp3) is 0.440. The topological polar surface area (TPSA) is 87.2 Å². The zero-order valence-electron chi connectivity index (χ0n) is 19.7. The Morgan fingerprint density at radius 1 is 0.971 bits per heavy atom. The van der Waals surface area contributed by atoms with Crippen molar-refractivity contribution in [2.24, 2.45) is 5.92 Å². The van der Waals surface area contributed by atoms with Crippen LogP contribution in [0, 0.1) is 11.7 Å². The standard InChI is InChI=1S/C25H30FN3O5S/c1-19-9-11-28(12-10-19)24(30)18-34-25(31)20-3-2-4-23(17-20)35(32,33)29-15-13-27(14-16-29)22-7-5-21(26)6-8-22/h2-8,17,19H,9-16,18H2,1H3. The molecule has 0 aromatic heterocycles. The molecule has 35 heavy (non-hydrogen) atoms. The highest BCUT2D eigenvalue weighted by Crippen LogP contribution is 2.22. The highest BCUT2D eigenvalue weighted by atomic mass is 32.2. The average Bonchev–Trinajstić information content (AvgIpc) is 2.88. The van der Waals surface area contributed by atoms with E-state index in [1.807, 2.05) is 4.90 Å². The summed E-state index contributed by atoms with van der Waals surface area (Å²) < 4.78 is 46.1. The molecule has 2 aliphatic rings. The Morgan fingerprint density at radius 3 is 2.29 bits per heavy atom. The SMILES string of the molecule is CC1CCN(C(=O)COC(=O)c2cccc(S(=O)(=O)N3CCN(c4ccc(F)cc4)CC3)c2)CC1. The zero-order chi connectivity index (χ0) is 25.0. The molecule has 0 N–H and O–H groups in total. The first-order valence-corrected chi connectivity index (χ1v) is 13.2. The summed E-state index contributed by atoms with van der Waals surface area (Å²) in [4.78, 5) is 28.6. The number of halogens is 1. The highest BCUT2D eigenvalue weighted by molar-refractivity contribution is 7.89. The Hall–Kier alpha value is -2.98. The van der Waals surface area contributed by atoms with E-state index < -0.39 is 16.0 Å². The molecule has 1 amide bonds. The summed E-state index contributed by atoms with van der Waals surface area (Å²) in [5, 5.41) is 0. The largest absolute Gasteiger partial charge is 0.452 e. The van der Waals surface area contributed by atoms with Gasteiger partial charge in [-0.3, -0.25) is 4.79 Å². The number of anilines is 1. The monoisotopic (exact) mass is 503 g/mol. The number of carbonyl (C=O) groups is 2. The molecular formula is C25H30FN3O5S. The summed E-state index contributed by atoms with van der Waals surface area (Å²) >= 11 is 0. The molecule has 10 heteroatoms. The highest BCUT2D eigenvalue weighted by Gasteiger charge is 2.29. The maximum absolute atomic E-state index is 13.2. The lowest BCUT2D eigenvalue weighted by Gasteiger charge is -2.35. The molecule has 0 saturated carbocycles. The van der Waals surface area contributed by atoms with Crippen molar-refractivity contribution >= 4 is 27.6 Å². The molecule has 2 saturated heterocycles. The number of piperidine rings is 1. The summed E-state index contributed by atoms with van der Waals surface area (Å²) in [7, 11) is -3.82. The number of piperazine rings is 1. The molecule has 2 fully saturated rings. The van der Waals surface area contributed by atoms with Gasteiger partial charge in [-0.15, -0.1) is 0 Å². The summed E-state index contributed by atoms with van der Waals surface area (Å²) in [6.07, 6.45) is 1.86. The first-order chi connectivity index (χ1) is 16.7. The first-order valence-electron chi connectivity index (χ1n) is 11.8. The van der Waals surface area contributed by atoms with Gasteiger partial charge in [0.2, 0.25) is 10.0 Å². The van der Waals surface area contributed by atoms with Gasteiger partial charge in [-0.05, 0) is 61.2 Å². The van der Waals surface area contributed by atoms with E-state index in [1.165, 1.54) is 40.7 Å². The number of sulfonamides is 1. The molecule has 8 nitrogen and oxygen atoms in total. The second-order valence-electron chi connectivity index (χ2n) is 9.03. The molecular weight excluding hydrogens is 473 g/mol. The molecule has 4 rings (SSSR count). The quantitative estimate of drug-likeness (QED) is 0.564. The van der Waals surface area contributed by atoms with Crippen LogP contribution in [-0.4, -0.2) is 75.4 Å². The number of carbonyl (C=O) groups excluding carboxylic acids is 2. The molecule has 0 spiro atoms. The molecule has 0 unspecified atom stereocenters. The smallest absolute Gasteiger partial charge is 0.338 e. The zero-order valence-corrected chi connectivity index (χ0v) is 20.5. The van der Waals surface area contributed by atoms with Gasteiger partial charge < -0.3 is 14.5 Å². The van der Waals surface area contributed by atoms with Crippen LogP contribution in [0.15, 0.2) is 53.4 Å². The van der Waals surface area contributed by atoms with E-state index in [0.29, 0.717) is 32.1 Å². The van der Waals surface area contributed by atoms with Gasteiger partial charge in [-0.2, -0.15) is 4.31 Å². The summed E-state index contributed by atoms with van der Waals surface area (Å²) in [5.41, 5.74) is 0.915. The van der Waals surface area contributed by atoms with E-state index >= 15 is 0 Å². The number of rotatable bonds is 6. The van der Waals surface area contributed by atoms with Gasteiger partial charge in [0.1, 0.15) is 5.82 Å². The van der Waals surface area contributed by atoms with Crippen molar-refractivity contribution in [2.75, 3.05) is 50.8 Å². The lowest BCUT2D eigenvalue weighted by molar-refractivity contribution is -0.135. The van der Waals surface area contributed by atoms with E-state index in [1.54, 1.807) is 17.0 Å². The minimum Gasteiger partial charge on any atom is -0.452 e. The third-order valence-electron chi connectivity index (χ3n) is 6.60. The number of ether oxygens (including phenoxy) is 1. The molecule has 2 heterocycles. The molecule has 0 aliphatic carbocycles. The van der Waals surface area contributed by atoms with Crippen LogP contribution in [0.25, 0.3) is 0 Å². The summed E-state index contributed by atoms with van der Waals surface area (Å²) in [5.74, 6) is -0.717. The van der Waals surface area contributed by atoms with Gasteiger partial charge in [-0.25, -0.2) is 17.6 Å². The van der Waals surface area contributed by atoms with Crippen LogP contribution in [-0.2, 0) is 19.6 Å². The second-order valence-corrected chi connectivity index (χ2v) is 11.0. The number of benzene rings is 2. The van der Waals surface area contributed by atoms with Gasteiger partial charge >= 0.3 is 5.97 Å². The fourth-order valence-electron chi connectivity index (χ4n) is 4.33. The lowest BCUT2D eigenvalue weighted by Crippen LogP contribution is -2.48. The third kappa shape index (κ3) is 5.99. The fourth-order valence-corrected chi connectivity index (χ4v) is 5.80. The van der Waals surface area contributed by atoms with E-state index in [2.05, 4.69) is 6.92 Å². The maximum atomic E-state index is 13.2. The van der Waals surface area contributed by atoms with Gasteiger partial charge in [0.25, 0.3) is 5.91 Å². The minimum absolute atomic E-state index is 0.00136. The minimum atomic E-state index is -3.82. The van der Waals surface area contributed by atoms with Gasteiger partial charge in [0.05, 0.1) is 10.5 Å². The molecule has 2 aromatic rings. The second kappa shape index (κ2) is 10.7. The van der Waals surface area contributed by atoms with Crippen molar-refractivity contribution in [2.45, 2.75) is 24.7 Å². The Morgan fingerprint density at radius 2 is 1.63 bits per heavy atom. The van der Waals surface area contributed by atoms with Crippen molar-refractivity contribution < 1.29 is 27.1 Å². The third-order valence-corrected chi connectivity index (χ3v) is 8.50. The average molecular weight is 504 g/mol. The number of hydrogen-bond donors (Lipinski definition) is 0. The van der Waals surface area contributed by atoms with E-state index in [0.717, 1.165) is 18.5 Å². The summed E-state index contributed by atoms with van der Waals surface area (Å²) in [6, 6.07) is 11.8. The molecule has 0 bridgehead atoms. The number of hydrogen-bond acceptors (Lipinski definition) is 6. The van der Waals surface area contributed by atoms with Crippen molar-refractivity contribution in [1.82, 2.24) is 9.21 Å². The predicted octanol–water partition coefficient (Wildman–Crippen LogP) is 2.75. The molecule has 2 aliphatic heterocycles. The van der Waals surface area contributed by atoms with E-state index in [-0.39, 0.29) is 41.9 Å². The Labute approximate surface area is 205 Å². The number of likely N-dealkylation sites (tertiary alicyclic amines) is 1. The molecule has 188 valence electrons. The Bertz CT molecular complexity index is 1160. The van der Waals surface area contributed by atoms with Gasteiger partial charge in [0.15, 0.2) is 6.61 Å². The van der Waals surface area contributed by atoms with Crippen molar-refractivity contribution in [1.29, 1.82) is 0 Å². The van der Waals surface area contributed by atoms with Gasteiger partial charge in [-0.1, -0.05) is 13.0 Å². The van der Waals surface area contributed by atoms with Crippen LogP contribution in [0.4, 0.5) is 10.1 Å². The van der Waals surface area contributed by atoms with Crippen molar-refractivity contribution in [3.05, 3.63) is 59.9 Å². The summed E-state index contributed by atoms with van der Waals surface area (Å²) in [6.45, 7) is 4.53. The van der Waals surface area contributed by atoms with Gasteiger partial charge in [0, 0.05) is 45.0 Å². The number of esters is 1. The Kier molecular flexibility index (Phi) is 7.71. The van der Waals surface area contributed by atoms with Crippen LogP contribution in [0.5, 0.6) is 0 Å². The van der Waals surface area contributed by atoms with Crippen LogP contribution in [0.3, 0.4) is 0 Å². The van der Waals surface area contributed by atoms with Crippen molar-refractivity contribution in [3.8, 4) is 0 Å². The van der Waals surface area contributed by atoms with Crippen LogP contribution < -0.4 is 4.90 Å². The van der Waals surface area contributed by atoms with E-state index in [4.69, 9.17) is 4.74 Å².